The molecule has 0 aliphatic carbocycles. The maximum atomic E-state index is 12.1. The van der Waals surface area contributed by atoms with Crippen LogP contribution in [0.25, 0.3) is 0 Å². The van der Waals surface area contributed by atoms with Gasteiger partial charge >= 0.3 is 0 Å². The minimum Gasteiger partial charge on any atom is -0.352 e. The first kappa shape index (κ1) is 15.8. The fourth-order valence-corrected chi connectivity index (χ4v) is 2.42. The standard InChI is InChI=1S/C16H16Cl2N2O/c1-2-14-9-12(10-15(18)20-14)16(21)19-7-6-11-4-3-5-13(17)8-11/h3-5,8-10H,2,6-7H2,1H3,(H,19,21). The van der Waals surface area contributed by atoms with Crippen LogP contribution in [0.15, 0.2) is 36.4 Å². The second-order valence-corrected chi connectivity index (χ2v) is 5.48. The third-order valence-corrected chi connectivity index (χ3v) is 3.49. The molecule has 110 valence electrons. The molecule has 0 spiro atoms. The number of benzene rings is 1. The summed E-state index contributed by atoms with van der Waals surface area (Å²) in [6, 6.07) is 10.9. The minimum absolute atomic E-state index is 0.143. The third kappa shape index (κ3) is 4.73. The van der Waals surface area contributed by atoms with Crippen LogP contribution >= 0.6 is 23.2 Å². The number of carbonyl (C=O) groups is 1. The molecule has 2 rings (SSSR count). The number of carbonyl (C=O) groups excluding carboxylic acids is 1. The van der Waals surface area contributed by atoms with Gasteiger partial charge in [0.2, 0.25) is 0 Å². The van der Waals surface area contributed by atoms with E-state index in [4.69, 9.17) is 23.2 Å². The van der Waals surface area contributed by atoms with Gasteiger partial charge in [-0.25, -0.2) is 4.98 Å². The topological polar surface area (TPSA) is 42.0 Å². The first-order valence-corrected chi connectivity index (χ1v) is 7.53. The lowest BCUT2D eigenvalue weighted by Crippen LogP contribution is -2.26. The molecule has 0 unspecified atom stereocenters. The van der Waals surface area contributed by atoms with E-state index in [9.17, 15) is 4.79 Å². The summed E-state index contributed by atoms with van der Waals surface area (Å²) in [6.45, 7) is 2.51. The van der Waals surface area contributed by atoms with Crippen LogP contribution in [-0.2, 0) is 12.8 Å². The lowest BCUT2D eigenvalue weighted by Gasteiger charge is -2.07. The van der Waals surface area contributed by atoms with Crippen LogP contribution < -0.4 is 5.32 Å². The van der Waals surface area contributed by atoms with Crippen molar-refractivity contribution >= 4 is 29.1 Å². The van der Waals surface area contributed by atoms with Crippen molar-refractivity contribution in [2.45, 2.75) is 19.8 Å². The molecule has 5 heteroatoms. The Hall–Kier alpha value is -1.58. The quantitative estimate of drug-likeness (QED) is 0.847. The van der Waals surface area contributed by atoms with Crippen molar-refractivity contribution in [1.29, 1.82) is 0 Å². The fraction of sp³-hybridized carbons (Fsp3) is 0.250. The summed E-state index contributed by atoms with van der Waals surface area (Å²) in [6.07, 6.45) is 1.47. The fourth-order valence-electron chi connectivity index (χ4n) is 1.98. The van der Waals surface area contributed by atoms with Gasteiger partial charge in [0.25, 0.3) is 5.91 Å². The highest BCUT2D eigenvalue weighted by Gasteiger charge is 2.08. The number of rotatable bonds is 5. The van der Waals surface area contributed by atoms with E-state index in [1.54, 1.807) is 12.1 Å². The van der Waals surface area contributed by atoms with Gasteiger partial charge in [0, 0.05) is 22.8 Å². The zero-order valence-corrected chi connectivity index (χ0v) is 13.2. The molecule has 3 nitrogen and oxygen atoms in total. The Balaban J connectivity index is 1.94. The summed E-state index contributed by atoms with van der Waals surface area (Å²) in [5, 5.41) is 3.92. The van der Waals surface area contributed by atoms with Crippen LogP contribution in [0.4, 0.5) is 0 Å². The number of aryl methyl sites for hydroxylation is 1. The van der Waals surface area contributed by atoms with E-state index in [2.05, 4.69) is 10.3 Å². The molecule has 0 aliphatic rings. The SMILES string of the molecule is CCc1cc(C(=O)NCCc2cccc(Cl)c2)cc(Cl)n1. The van der Waals surface area contributed by atoms with Crippen LogP contribution in [0.3, 0.4) is 0 Å². The molecular weight excluding hydrogens is 307 g/mol. The Morgan fingerprint density at radius 3 is 2.76 bits per heavy atom. The van der Waals surface area contributed by atoms with E-state index in [1.807, 2.05) is 31.2 Å². The van der Waals surface area contributed by atoms with Crippen molar-refractivity contribution in [3.63, 3.8) is 0 Å². The van der Waals surface area contributed by atoms with E-state index in [1.165, 1.54) is 0 Å². The van der Waals surface area contributed by atoms with Gasteiger partial charge in [-0.3, -0.25) is 4.79 Å². The van der Waals surface area contributed by atoms with Crippen molar-refractivity contribution in [3.8, 4) is 0 Å². The van der Waals surface area contributed by atoms with Gasteiger partial charge in [-0.1, -0.05) is 42.3 Å². The van der Waals surface area contributed by atoms with Gasteiger partial charge in [-0.15, -0.1) is 0 Å². The normalized spacial score (nSPS) is 10.4. The molecule has 0 bridgehead atoms. The predicted molar refractivity (Wildman–Crippen MR) is 86.1 cm³/mol. The van der Waals surface area contributed by atoms with Gasteiger partial charge < -0.3 is 5.32 Å². The second kappa shape index (κ2) is 7.43. The molecule has 1 amide bonds. The molecule has 0 atom stereocenters. The highest BCUT2D eigenvalue weighted by Crippen LogP contribution is 2.12. The molecule has 0 radical (unpaired) electrons. The lowest BCUT2D eigenvalue weighted by molar-refractivity contribution is 0.0954. The Bertz CT molecular complexity index is 644. The summed E-state index contributed by atoms with van der Waals surface area (Å²) in [5.74, 6) is -0.143. The van der Waals surface area contributed by atoms with Crippen LogP contribution in [0.2, 0.25) is 10.2 Å². The molecule has 2 aromatic rings. The van der Waals surface area contributed by atoms with Gasteiger partial charge in [-0.05, 0) is 42.7 Å². The second-order valence-electron chi connectivity index (χ2n) is 4.66. The van der Waals surface area contributed by atoms with Crippen molar-refractivity contribution in [2.75, 3.05) is 6.54 Å². The average molecular weight is 323 g/mol. The van der Waals surface area contributed by atoms with E-state index in [0.29, 0.717) is 22.3 Å². The van der Waals surface area contributed by atoms with Crippen molar-refractivity contribution in [2.24, 2.45) is 0 Å². The monoisotopic (exact) mass is 322 g/mol. The smallest absolute Gasteiger partial charge is 0.251 e. The molecule has 1 N–H and O–H groups in total. The van der Waals surface area contributed by atoms with Crippen LogP contribution in [0.1, 0.15) is 28.5 Å². The predicted octanol–water partition coefficient (Wildman–Crippen LogP) is 3.92. The summed E-state index contributed by atoms with van der Waals surface area (Å²) in [5.41, 5.74) is 2.44. The molecule has 1 heterocycles. The molecule has 1 aromatic heterocycles. The molecule has 1 aromatic carbocycles. The van der Waals surface area contributed by atoms with Gasteiger partial charge in [0.05, 0.1) is 0 Å². The molecular formula is C16H16Cl2N2O. The highest BCUT2D eigenvalue weighted by molar-refractivity contribution is 6.30. The van der Waals surface area contributed by atoms with Gasteiger partial charge in [0.15, 0.2) is 0 Å². The largest absolute Gasteiger partial charge is 0.352 e. The first-order chi connectivity index (χ1) is 10.1. The zero-order chi connectivity index (χ0) is 15.2. The number of nitrogens with one attached hydrogen (secondary N) is 1. The summed E-state index contributed by atoms with van der Waals surface area (Å²) < 4.78 is 0. The number of nitrogens with zero attached hydrogens (tertiary/aromatic N) is 1. The van der Waals surface area contributed by atoms with Crippen molar-refractivity contribution in [3.05, 3.63) is 63.4 Å². The van der Waals surface area contributed by atoms with Crippen LogP contribution in [0.5, 0.6) is 0 Å². The molecule has 21 heavy (non-hydrogen) atoms. The Morgan fingerprint density at radius 2 is 2.05 bits per heavy atom. The molecule has 0 saturated heterocycles. The first-order valence-electron chi connectivity index (χ1n) is 6.77. The third-order valence-electron chi connectivity index (χ3n) is 3.06. The van der Waals surface area contributed by atoms with E-state index in [-0.39, 0.29) is 5.91 Å². The van der Waals surface area contributed by atoms with E-state index >= 15 is 0 Å². The van der Waals surface area contributed by atoms with Crippen LogP contribution in [0, 0.1) is 0 Å². The molecule has 0 saturated carbocycles. The summed E-state index contributed by atoms with van der Waals surface area (Å²) in [4.78, 5) is 16.2. The zero-order valence-electron chi connectivity index (χ0n) is 11.7. The number of hydrogen-bond donors (Lipinski definition) is 1. The number of hydrogen-bond acceptors (Lipinski definition) is 2. The number of pyridine rings is 1. The molecule has 0 fully saturated rings. The summed E-state index contributed by atoms with van der Waals surface area (Å²) >= 11 is 11.8. The minimum atomic E-state index is -0.143. The van der Waals surface area contributed by atoms with Gasteiger partial charge in [0.1, 0.15) is 5.15 Å². The van der Waals surface area contributed by atoms with E-state index in [0.717, 1.165) is 24.1 Å². The highest BCUT2D eigenvalue weighted by atomic mass is 35.5. The lowest BCUT2D eigenvalue weighted by atomic mass is 10.1. The van der Waals surface area contributed by atoms with Crippen LogP contribution in [-0.4, -0.2) is 17.4 Å². The Morgan fingerprint density at radius 1 is 1.24 bits per heavy atom. The molecule has 0 aliphatic heterocycles. The van der Waals surface area contributed by atoms with Crippen molar-refractivity contribution in [1.82, 2.24) is 10.3 Å². The maximum absolute atomic E-state index is 12.1. The number of aromatic nitrogens is 1. The number of halogens is 2. The average Bonchev–Trinajstić information content (AvgIpc) is 2.46. The maximum Gasteiger partial charge on any atom is 0.251 e. The number of amides is 1. The van der Waals surface area contributed by atoms with E-state index < -0.39 is 0 Å². The summed E-state index contributed by atoms with van der Waals surface area (Å²) in [7, 11) is 0. The Kier molecular flexibility index (Phi) is 5.59. The van der Waals surface area contributed by atoms with Gasteiger partial charge in [-0.2, -0.15) is 0 Å². The Labute approximate surface area is 134 Å². The van der Waals surface area contributed by atoms with Crippen molar-refractivity contribution < 1.29 is 4.79 Å².